The number of esters is 1. The van der Waals surface area contributed by atoms with E-state index in [-0.39, 0.29) is 12.2 Å². The Morgan fingerprint density at radius 3 is 2.61 bits per heavy atom. The van der Waals surface area contributed by atoms with Crippen LogP contribution in [0.15, 0.2) is 88.4 Å². The third-order valence-electron chi connectivity index (χ3n) is 6.87. The van der Waals surface area contributed by atoms with Crippen LogP contribution in [0.4, 0.5) is 0 Å². The number of aromatic nitrogens is 2. The van der Waals surface area contributed by atoms with Crippen molar-refractivity contribution in [3.05, 3.63) is 115 Å². The summed E-state index contributed by atoms with van der Waals surface area (Å²) in [6.45, 7) is 12.6. The van der Waals surface area contributed by atoms with Gasteiger partial charge in [0.1, 0.15) is 0 Å². The number of thiazole rings is 1. The Morgan fingerprint density at radius 1 is 1.18 bits per heavy atom. The molecule has 2 aromatic heterocycles. The number of para-hydroxylation sites is 1. The third-order valence-corrected chi connectivity index (χ3v) is 7.85. The first kappa shape index (κ1) is 25.7. The normalized spacial score (nSPS) is 15.6. The number of benzene rings is 2. The molecule has 5 rings (SSSR count). The second kappa shape index (κ2) is 10.4. The monoisotopic (exact) mass is 525 g/mol. The maximum atomic E-state index is 14.0. The topological polar surface area (TPSA) is 65.6 Å². The number of hydrogen-bond acceptors (Lipinski definition) is 5. The summed E-state index contributed by atoms with van der Waals surface area (Å²) in [6.07, 6.45) is 5.82. The number of carbonyl (C=O) groups excluding carboxylic acids is 1. The van der Waals surface area contributed by atoms with Crippen molar-refractivity contribution in [3.63, 3.8) is 0 Å². The SMILES string of the molecule is C=CCn1cc(/C=c2/sc3n(c2=O)C(c2ccc(C(C)C)cc2)C(C(=O)OCC)=C(C)N=3)c2ccccc21. The molecule has 1 unspecified atom stereocenters. The van der Waals surface area contributed by atoms with E-state index in [1.165, 1.54) is 16.9 Å². The first-order valence-corrected chi connectivity index (χ1v) is 13.6. The highest BCUT2D eigenvalue weighted by molar-refractivity contribution is 7.07. The molecule has 0 saturated carbocycles. The van der Waals surface area contributed by atoms with Crippen molar-refractivity contribution in [1.29, 1.82) is 0 Å². The summed E-state index contributed by atoms with van der Waals surface area (Å²) >= 11 is 1.34. The second-order valence-electron chi connectivity index (χ2n) is 9.67. The number of nitrogens with zero attached hydrogens (tertiary/aromatic N) is 3. The van der Waals surface area contributed by atoms with E-state index in [0.29, 0.717) is 33.1 Å². The van der Waals surface area contributed by atoms with Gasteiger partial charge in [0.05, 0.1) is 28.5 Å². The molecule has 1 aliphatic heterocycles. The average Bonchev–Trinajstić information content (AvgIpc) is 3.40. The van der Waals surface area contributed by atoms with Gasteiger partial charge >= 0.3 is 5.97 Å². The first-order valence-electron chi connectivity index (χ1n) is 12.8. The summed E-state index contributed by atoms with van der Waals surface area (Å²) in [4.78, 5) is 32.4. The lowest BCUT2D eigenvalue weighted by Gasteiger charge is -2.25. The minimum atomic E-state index is -0.615. The summed E-state index contributed by atoms with van der Waals surface area (Å²) in [6, 6.07) is 15.6. The fourth-order valence-electron chi connectivity index (χ4n) is 4.99. The van der Waals surface area contributed by atoms with Crippen LogP contribution in [0.5, 0.6) is 0 Å². The van der Waals surface area contributed by atoms with E-state index in [1.54, 1.807) is 11.5 Å². The van der Waals surface area contributed by atoms with Gasteiger partial charge in [-0.05, 0) is 43.0 Å². The Kier molecular flexibility index (Phi) is 7.04. The number of ether oxygens (including phenoxy) is 1. The smallest absolute Gasteiger partial charge is 0.338 e. The molecule has 2 aromatic carbocycles. The molecule has 1 atom stereocenters. The molecular formula is C31H31N3O3S. The van der Waals surface area contributed by atoms with Gasteiger partial charge in [-0.25, -0.2) is 9.79 Å². The van der Waals surface area contributed by atoms with Crippen LogP contribution in [-0.2, 0) is 16.1 Å². The van der Waals surface area contributed by atoms with Crippen molar-refractivity contribution < 1.29 is 9.53 Å². The number of hydrogen-bond donors (Lipinski definition) is 0. The number of rotatable bonds is 7. The highest BCUT2D eigenvalue weighted by Crippen LogP contribution is 2.31. The summed E-state index contributed by atoms with van der Waals surface area (Å²) < 4.78 is 9.73. The van der Waals surface area contributed by atoms with E-state index in [2.05, 4.69) is 49.3 Å². The maximum Gasteiger partial charge on any atom is 0.338 e. The summed E-state index contributed by atoms with van der Waals surface area (Å²) in [7, 11) is 0. The Labute approximate surface area is 225 Å². The van der Waals surface area contributed by atoms with E-state index in [1.807, 2.05) is 49.5 Å². The van der Waals surface area contributed by atoms with E-state index in [0.717, 1.165) is 22.0 Å². The molecule has 0 radical (unpaired) electrons. The zero-order chi connectivity index (χ0) is 27.0. The van der Waals surface area contributed by atoms with Gasteiger partial charge < -0.3 is 9.30 Å². The van der Waals surface area contributed by atoms with E-state index < -0.39 is 12.0 Å². The minimum absolute atomic E-state index is 0.179. The lowest BCUT2D eigenvalue weighted by atomic mass is 9.93. The molecule has 3 heterocycles. The molecule has 0 amide bonds. The van der Waals surface area contributed by atoms with Gasteiger partial charge in [-0.1, -0.05) is 73.7 Å². The van der Waals surface area contributed by atoms with Gasteiger partial charge in [-0.15, -0.1) is 6.58 Å². The van der Waals surface area contributed by atoms with Gasteiger partial charge in [-0.3, -0.25) is 9.36 Å². The van der Waals surface area contributed by atoms with Crippen molar-refractivity contribution in [1.82, 2.24) is 9.13 Å². The standard InChI is InChI=1S/C31H31N3O3S/c1-6-16-33-18-23(24-10-8-9-11-25(24)33)17-26-29(35)34-28(22-14-12-21(13-15-22)19(3)4)27(30(36)37-7-2)20(5)32-31(34)38-26/h6,8-15,17-19,28H,1,7,16H2,2-5H3/b26-17+. The van der Waals surface area contributed by atoms with Gasteiger partial charge in [0.25, 0.3) is 5.56 Å². The van der Waals surface area contributed by atoms with Crippen LogP contribution in [0, 0.1) is 0 Å². The molecule has 4 aromatic rings. The van der Waals surface area contributed by atoms with Crippen LogP contribution in [0.2, 0.25) is 0 Å². The van der Waals surface area contributed by atoms with Crippen LogP contribution < -0.4 is 14.9 Å². The predicted molar refractivity (Wildman–Crippen MR) is 153 cm³/mol. The van der Waals surface area contributed by atoms with Gasteiger partial charge in [0, 0.05) is 29.2 Å². The Morgan fingerprint density at radius 2 is 1.92 bits per heavy atom. The molecular weight excluding hydrogens is 494 g/mol. The average molecular weight is 526 g/mol. The predicted octanol–water partition coefficient (Wildman–Crippen LogP) is 5.06. The fourth-order valence-corrected chi connectivity index (χ4v) is 6.03. The van der Waals surface area contributed by atoms with Gasteiger partial charge in [0.2, 0.25) is 0 Å². The highest BCUT2D eigenvalue weighted by Gasteiger charge is 2.33. The Balaban J connectivity index is 1.72. The molecule has 0 fully saturated rings. The number of fused-ring (bicyclic) bond motifs is 2. The van der Waals surface area contributed by atoms with Gasteiger partial charge in [0.15, 0.2) is 4.80 Å². The molecule has 0 bridgehead atoms. The van der Waals surface area contributed by atoms with Crippen molar-refractivity contribution >= 4 is 34.3 Å². The van der Waals surface area contributed by atoms with E-state index in [9.17, 15) is 9.59 Å². The zero-order valence-electron chi connectivity index (χ0n) is 22.1. The van der Waals surface area contributed by atoms with Crippen molar-refractivity contribution in [2.45, 2.75) is 46.2 Å². The number of allylic oxidation sites excluding steroid dienone is 2. The molecule has 0 N–H and O–H groups in total. The van der Waals surface area contributed by atoms with Crippen molar-refractivity contribution in [3.8, 4) is 0 Å². The summed E-state index contributed by atoms with van der Waals surface area (Å²) in [5, 5.41) is 1.06. The number of carbonyl (C=O) groups is 1. The van der Waals surface area contributed by atoms with E-state index >= 15 is 0 Å². The molecule has 194 valence electrons. The zero-order valence-corrected chi connectivity index (χ0v) is 22.9. The molecule has 0 saturated heterocycles. The fraction of sp³-hybridized carbons (Fsp3) is 0.258. The molecule has 7 heteroatoms. The van der Waals surface area contributed by atoms with Crippen molar-refractivity contribution in [2.24, 2.45) is 4.99 Å². The molecule has 38 heavy (non-hydrogen) atoms. The lowest BCUT2D eigenvalue weighted by molar-refractivity contribution is -0.139. The third kappa shape index (κ3) is 4.47. The summed E-state index contributed by atoms with van der Waals surface area (Å²) in [5.74, 6) is -0.0791. The lowest BCUT2D eigenvalue weighted by Crippen LogP contribution is -2.39. The van der Waals surface area contributed by atoms with Gasteiger partial charge in [-0.2, -0.15) is 0 Å². The molecule has 0 spiro atoms. The largest absolute Gasteiger partial charge is 0.463 e. The van der Waals surface area contributed by atoms with Crippen LogP contribution in [-0.4, -0.2) is 21.7 Å². The van der Waals surface area contributed by atoms with Crippen LogP contribution >= 0.6 is 11.3 Å². The first-order chi connectivity index (χ1) is 18.3. The van der Waals surface area contributed by atoms with Crippen molar-refractivity contribution in [2.75, 3.05) is 6.61 Å². The maximum absolute atomic E-state index is 14.0. The van der Waals surface area contributed by atoms with E-state index in [4.69, 9.17) is 9.73 Å². The van der Waals surface area contributed by atoms with Crippen LogP contribution in [0.3, 0.4) is 0 Å². The molecule has 0 aliphatic carbocycles. The van der Waals surface area contributed by atoms with Crippen LogP contribution in [0.25, 0.3) is 17.0 Å². The molecule has 6 nitrogen and oxygen atoms in total. The Hall–Kier alpha value is -3.97. The highest BCUT2D eigenvalue weighted by atomic mass is 32.1. The van der Waals surface area contributed by atoms with Crippen LogP contribution in [0.1, 0.15) is 56.3 Å². The quantitative estimate of drug-likeness (QED) is 0.250. The second-order valence-corrected chi connectivity index (χ2v) is 10.7. The summed E-state index contributed by atoms with van der Waals surface area (Å²) in [5.41, 5.74) is 4.85. The molecule has 1 aliphatic rings. The minimum Gasteiger partial charge on any atom is -0.463 e. The Bertz CT molecular complexity index is 1750.